The molecule has 1 unspecified atom stereocenters. The van der Waals surface area contributed by atoms with Gasteiger partial charge in [0.1, 0.15) is 28.7 Å². The van der Waals surface area contributed by atoms with E-state index in [0.29, 0.717) is 55.1 Å². The molecule has 5 aromatic rings. The monoisotopic (exact) mass is 657 g/mol. The summed E-state index contributed by atoms with van der Waals surface area (Å²) in [6.07, 6.45) is 1.07. The smallest absolute Gasteiger partial charge is 0.411 e. The number of carbonyl (C=O) groups is 2. The summed E-state index contributed by atoms with van der Waals surface area (Å²) in [6, 6.07) is 9.41. The zero-order valence-corrected chi connectivity index (χ0v) is 26.7. The fourth-order valence-electron chi connectivity index (χ4n) is 5.60. The Morgan fingerprint density at radius 2 is 1.89 bits per heavy atom. The second-order valence-electron chi connectivity index (χ2n) is 11.2. The average molecular weight is 658 g/mol. The molecular formula is C32H31N7O7S. The first-order valence-corrected chi connectivity index (χ1v) is 15.8. The lowest BCUT2D eigenvalue weighted by Crippen LogP contribution is -2.48. The van der Waals surface area contributed by atoms with Gasteiger partial charge < -0.3 is 33.9 Å². The number of hydrogen-bond donors (Lipinski definition) is 2. The number of ether oxygens (including phenoxy) is 4. The van der Waals surface area contributed by atoms with Crippen LogP contribution in [0.2, 0.25) is 0 Å². The van der Waals surface area contributed by atoms with Crippen molar-refractivity contribution in [2.75, 3.05) is 56.7 Å². The van der Waals surface area contributed by atoms with Crippen molar-refractivity contribution < 1.29 is 33.6 Å². The number of carbonyl (C=O) groups excluding carboxylic acids is 1. The van der Waals surface area contributed by atoms with Crippen LogP contribution in [0.3, 0.4) is 0 Å². The van der Waals surface area contributed by atoms with Gasteiger partial charge in [-0.2, -0.15) is 0 Å². The Bertz CT molecular complexity index is 1990. The molecule has 1 atom stereocenters. The van der Waals surface area contributed by atoms with Gasteiger partial charge >= 0.3 is 12.2 Å². The molecule has 242 valence electrons. The number of rotatable bonds is 6. The van der Waals surface area contributed by atoms with Gasteiger partial charge in [-0.1, -0.05) is 0 Å². The third-order valence-corrected chi connectivity index (χ3v) is 9.05. The first kappa shape index (κ1) is 30.2. The van der Waals surface area contributed by atoms with E-state index < -0.39 is 18.3 Å². The van der Waals surface area contributed by atoms with Gasteiger partial charge in [-0.15, -0.1) is 11.3 Å². The maximum absolute atomic E-state index is 12.6. The minimum Gasteiger partial charge on any atom is -0.484 e. The maximum atomic E-state index is 12.6. The van der Waals surface area contributed by atoms with E-state index in [9.17, 15) is 9.59 Å². The summed E-state index contributed by atoms with van der Waals surface area (Å²) in [7, 11) is 1.56. The van der Waals surface area contributed by atoms with Crippen LogP contribution >= 0.6 is 11.3 Å². The number of thiazole rings is 1. The van der Waals surface area contributed by atoms with Crippen molar-refractivity contribution in [2.24, 2.45) is 0 Å². The average Bonchev–Trinajstić information content (AvgIpc) is 3.53. The Hall–Kier alpha value is -5.44. The van der Waals surface area contributed by atoms with Crippen LogP contribution in [0.25, 0.3) is 31.8 Å². The van der Waals surface area contributed by atoms with Crippen LogP contribution in [0, 0.1) is 13.8 Å². The summed E-state index contributed by atoms with van der Waals surface area (Å²) in [4.78, 5) is 45.6. The molecule has 2 aliphatic heterocycles. The van der Waals surface area contributed by atoms with Crippen molar-refractivity contribution in [3.8, 4) is 28.0 Å². The summed E-state index contributed by atoms with van der Waals surface area (Å²) >= 11 is 1.50. The largest absolute Gasteiger partial charge is 0.484 e. The van der Waals surface area contributed by atoms with Crippen LogP contribution in [0.15, 0.2) is 42.7 Å². The van der Waals surface area contributed by atoms with Gasteiger partial charge in [0.05, 0.1) is 41.7 Å². The number of pyridine rings is 1. The molecule has 1 fully saturated rings. The molecule has 3 aromatic heterocycles. The van der Waals surface area contributed by atoms with Crippen LogP contribution in [0.4, 0.5) is 21.1 Å². The minimum atomic E-state index is -0.920. The van der Waals surface area contributed by atoms with E-state index >= 15 is 0 Å². The molecule has 0 saturated carbocycles. The molecule has 5 heterocycles. The molecule has 2 aromatic carbocycles. The Kier molecular flexibility index (Phi) is 7.97. The number of anilines is 2. The van der Waals surface area contributed by atoms with E-state index in [1.165, 1.54) is 22.4 Å². The van der Waals surface area contributed by atoms with Crippen LogP contribution in [0.1, 0.15) is 11.1 Å². The molecule has 15 heteroatoms. The summed E-state index contributed by atoms with van der Waals surface area (Å²) in [5.41, 5.74) is 5.58. The zero-order valence-electron chi connectivity index (χ0n) is 25.8. The van der Waals surface area contributed by atoms with E-state index in [1.54, 1.807) is 25.4 Å². The Morgan fingerprint density at radius 1 is 1.06 bits per heavy atom. The highest BCUT2D eigenvalue weighted by atomic mass is 32.1. The summed E-state index contributed by atoms with van der Waals surface area (Å²) in [5.74, 6) is 2.32. The molecule has 0 spiro atoms. The highest BCUT2D eigenvalue weighted by Crippen LogP contribution is 2.46. The second kappa shape index (κ2) is 12.4. The fourth-order valence-corrected chi connectivity index (χ4v) is 6.75. The van der Waals surface area contributed by atoms with Crippen LogP contribution in [0.5, 0.6) is 17.4 Å². The number of methoxy groups -OCH3 is 1. The van der Waals surface area contributed by atoms with Crippen LogP contribution < -0.4 is 24.4 Å². The number of amides is 2. The van der Waals surface area contributed by atoms with Crippen molar-refractivity contribution in [2.45, 2.75) is 20.0 Å². The Morgan fingerprint density at radius 3 is 2.64 bits per heavy atom. The van der Waals surface area contributed by atoms with E-state index in [4.69, 9.17) is 29.0 Å². The van der Waals surface area contributed by atoms with E-state index in [2.05, 4.69) is 20.3 Å². The fraction of sp³-hybridized carbons (Fsp3) is 0.312. The first-order valence-electron chi connectivity index (χ1n) is 14.9. The molecule has 7 rings (SSSR count). The molecule has 0 bridgehead atoms. The number of nitrogens with one attached hydrogen (secondary N) is 1. The number of aromatic nitrogens is 4. The van der Waals surface area contributed by atoms with Gasteiger partial charge in [0.15, 0.2) is 17.6 Å². The van der Waals surface area contributed by atoms with Crippen molar-refractivity contribution in [1.29, 1.82) is 0 Å². The molecule has 2 N–H and O–H groups in total. The standard InChI is InChI=1S/C32H31N7O7S/c1-17-10-21(27-22(11-17)36-25(43-3)14-34-27)30-37-26-18(2)12-23-28(29(26)47-30)44-15-20(46-23)16-45-31(40)35-19-4-5-24(33-13-19)38-6-8-39(9-7-38)32(41)42/h4-5,10-14,20H,6-9,15-16H2,1-3H3,(H,35,40)(H,41,42). The van der Waals surface area contributed by atoms with Crippen molar-refractivity contribution in [3.05, 3.63) is 53.9 Å². The molecule has 47 heavy (non-hydrogen) atoms. The van der Waals surface area contributed by atoms with E-state index in [1.807, 2.05) is 36.9 Å². The van der Waals surface area contributed by atoms with Gasteiger partial charge in [0.25, 0.3) is 0 Å². The number of carboxylic acid groups (broad SMARTS) is 1. The van der Waals surface area contributed by atoms with E-state index in [-0.39, 0.29) is 13.2 Å². The molecule has 0 aliphatic carbocycles. The number of benzene rings is 2. The molecule has 2 aliphatic rings. The van der Waals surface area contributed by atoms with Gasteiger partial charge in [0, 0.05) is 31.7 Å². The maximum Gasteiger partial charge on any atom is 0.411 e. The third kappa shape index (κ3) is 6.08. The predicted molar refractivity (Wildman–Crippen MR) is 175 cm³/mol. The van der Waals surface area contributed by atoms with Gasteiger partial charge in [-0.3, -0.25) is 5.32 Å². The van der Waals surface area contributed by atoms with E-state index in [0.717, 1.165) is 42.9 Å². The van der Waals surface area contributed by atoms with Crippen molar-refractivity contribution in [3.63, 3.8) is 0 Å². The SMILES string of the molecule is COc1cnc2c(-c3nc4c(C)cc5c(c4s3)OCC(COC(=O)Nc3ccc(N4CCN(C(=O)O)CC4)nc3)O5)cc(C)cc2n1. The lowest BCUT2D eigenvalue weighted by atomic mass is 10.1. The van der Waals surface area contributed by atoms with Gasteiger partial charge in [0.2, 0.25) is 5.88 Å². The molecule has 0 radical (unpaired) electrons. The number of nitrogens with zero attached hydrogens (tertiary/aromatic N) is 6. The predicted octanol–water partition coefficient (Wildman–Crippen LogP) is 5.12. The zero-order chi connectivity index (χ0) is 32.7. The molecule has 14 nitrogen and oxygen atoms in total. The van der Waals surface area contributed by atoms with Crippen molar-refractivity contribution >= 4 is 56.3 Å². The van der Waals surface area contributed by atoms with Gasteiger partial charge in [-0.05, 0) is 55.3 Å². The normalized spacial score (nSPS) is 15.9. The summed E-state index contributed by atoms with van der Waals surface area (Å²) in [6.45, 7) is 6.06. The number of piperazine rings is 1. The number of fused-ring (bicyclic) bond motifs is 4. The summed E-state index contributed by atoms with van der Waals surface area (Å²) in [5, 5.41) is 12.6. The van der Waals surface area contributed by atoms with Crippen LogP contribution in [-0.2, 0) is 4.74 Å². The summed E-state index contributed by atoms with van der Waals surface area (Å²) < 4.78 is 24.0. The van der Waals surface area contributed by atoms with Crippen molar-refractivity contribution in [1.82, 2.24) is 24.8 Å². The molecule has 2 amide bonds. The minimum absolute atomic E-state index is 0.0208. The quantitative estimate of drug-likeness (QED) is 0.249. The molecular weight excluding hydrogens is 626 g/mol. The van der Waals surface area contributed by atoms with Crippen LogP contribution in [-0.4, -0.2) is 94.7 Å². The topological polar surface area (TPSA) is 161 Å². The lowest BCUT2D eigenvalue weighted by Gasteiger charge is -2.33. The number of hydrogen-bond acceptors (Lipinski definition) is 12. The first-order chi connectivity index (χ1) is 22.7. The number of aryl methyl sites for hydroxylation is 2. The highest BCUT2D eigenvalue weighted by Gasteiger charge is 2.28. The molecule has 1 saturated heterocycles. The third-order valence-electron chi connectivity index (χ3n) is 7.96. The lowest BCUT2D eigenvalue weighted by molar-refractivity contribution is 0.0383. The highest BCUT2D eigenvalue weighted by molar-refractivity contribution is 7.22. The second-order valence-corrected chi connectivity index (χ2v) is 12.2. The van der Waals surface area contributed by atoms with Gasteiger partial charge in [-0.25, -0.2) is 29.5 Å². The Labute approximate surface area is 272 Å². The Balaban J connectivity index is 0.999.